The summed E-state index contributed by atoms with van der Waals surface area (Å²) < 4.78 is 0. The van der Waals surface area contributed by atoms with Crippen molar-refractivity contribution in [2.45, 2.75) is 27.7 Å². The smallest absolute Gasteiger partial charge is 0.0485 e. The Morgan fingerprint density at radius 3 is 1.73 bits per heavy atom. The predicted molar refractivity (Wildman–Crippen MR) is 46.3 cm³/mol. The van der Waals surface area contributed by atoms with Crippen LogP contribution in [-0.4, -0.2) is 23.4 Å². The molecule has 11 heavy (non-hydrogen) atoms. The highest BCUT2D eigenvalue weighted by atomic mass is 16.3. The summed E-state index contributed by atoms with van der Waals surface area (Å²) in [5.41, 5.74) is -0.164. The van der Waals surface area contributed by atoms with Crippen LogP contribution in [0.3, 0.4) is 0 Å². The van der Waals surface area contributed by atoms with Crippen molar-refractivity contribution in [1.29, 1.82) is 0 Å². The molecule has 0 fully saturated rings. The van der Waals surface area contributed by atoms with Gasteiger partial charge in [-0.25, -0.2) is 0 Å². The molecule has 68 valence electrons. The minimum Gasteiger partial charge on any atom is -0.396 e. The molecule has 0 rings (SSSR count). The maximum absolute atomic E-state index is 9.05. The van der Waals surface area contributed by atoms with E-state index in [1.807, 2.05) is 13.8 Å². The Morgan fingerprint density at radius 2 is 1.64 bits per heavy atom. The van der Waals surface area contributed by atoms with Crippen molar-refractivity contribution in [2.75, 3.05) is 13.2 Å². The van der Waals surface area contributed by atoms with Gasteiger partial charge in [0.2, 0.25) is 0 Å². The molecule has 0 aliphatic heterocycles. The fourth-order valence-corrected chi connectivity index (χ4v) is 1.48. The first-order valence-electron chi connectivity index (χ1n) is 4.17. The molecule has 0 bridgehead atoms. The lowest BCUT2D eigenvalue weighted by Gasteiger charge is -2.34. The van der Waals surface area contributed by atoms with Gasteiger partial charge >= 0.3 is 0 Å². The zero-order chi connectivity index (χ0) is 9.07. The van der Waals surface area contributed by atoms with Gasteiger partial charge in [-0.3, -0.25) is 0 Å². The van der Waals surface area contributed by atoms with Crippen molar-refractivity contribution in [3.63, 3.8) is 0 Å². The van der Waals surface area contributed by atoms with Crippen LogP contribution in [0.2, 0.25) is 0 Å². The Balaban J connectivity index is 4.23. The Bertz CT molecular complexity index is 108. The monoisotopic (exact) mass is 160 g/mol. The van der Waals surface area contributed by atoms with E-state index >= 15 is 0 Å². The maximum Gasteiger partial charge on any atom is 0.0485 e. The van der Waals surface area contributed by atoms with Crippen LogP contribution in [0.1, 0.15) is 27.7 Å². The van der Waals surface area contributed by atoms with E-state index in [1.54, 1.807) is 0 Å². The average molecular weight is 160 g/mol. The van der Waals surface area contributed by atoms with Gasteiger partial charge in [-0.2, -0.15) is 0 Å². The van der Waals surface area contributed by atoms with E-state index in [2.05, 4.69) is 13.8 Å². The molecular weight excluding hydrogens is 140 g/mol. The molecule has 0 aromatic heterocycles. The molecule has 0 aromatic rings. The molecule has 0 heterocycles. The molecule has 0 spiro atoms. The van der Waals surface area contributed by atoms with Gasteiger partial charge in [0.15, 0.2) is 0 Å². The number of hydrogen-bond acceptors (Lipinski definition) is 2. The number of rotatable bonds is 4. The highest BCUT2D eigenvalue weighted by Gasteiger charge is 2.30. The Labute approximate surface area is 69.2 Å². The first-order chi connectivity index (χ1) is 4.95. The third-order valence-electron chi connectivity index (χ3n) is 2.41. The predicted octanol–water partition coefficient (Wildman–Crippen LogP) is 1.27. The van der Waals surface area contributed by atoms with E-state index in [9.17, 15) is 0 Å². The Morgan fingerprint density at radius 1 is 1.18 bits per heavy atom. The van der Waals surface area contributed by atoms with E-state index in [-0.39, 0.29) is 24.5 Å². The lowest BCUT2D eigenvalue weighted by Crippen LogP contribution is -2.34. The van der Waals surface area contributed by atoms with Crippen molar-refractivity contribution in [1.82, 2.24) is 0 Å². The van der Waals surface area contributed by atoms with Crippen molar-refractivity contribution in [3.8, 4) is 0 Å². The number of hydrogen-bond donors (Lipinski definition) is 2. The molecular formula is C9H20O2. The van der Waals surface area contributed by atoms with Gasteiger partial charge in [-0.05, 0) is 17.3 Å². The van der Waals surface area contributed by atoms with Crippen LogP contribution in [0.15, 0.2) is 0 Å². The van der Waals surface area contributed by atoms with Gasteiger partial charge in [0.05, 0.1) is 0 Å². The summed E-state index contributed by atoms with van der Waals surface area (Å²) in [7, 11) is 0. The van der Waals surface area contributed by atoms with Crippen LogP contribution in [0.5, 0.6) is 0 Å². The third kappa shape index (κ3) is 2.80. The normalized spacial score (nSPS) is 15.5. The summed E-state index contributed by atoms with van der Waals surface area (Å²) in [6, 6.07) is 0. The standard InChI is InChI=1S/C9H20O2/c1-7(2)8(5-10)9(3,4)6-11/h7-8,10-11H,5-6H2,1-4H3/t8-/m0/s1. The minimum absolute atomic E-state index is 0.135. The van der Waals surface area contributed by atoms with Crippen LogP contribution in [0, 0.1) is 17.3 Å². The Kier molecular flexibility index (Phi) is 4.04. The molecule has 0 radical (unpaired) electrons. The lowest BCUT2D eigenvalue weighted by molar-refractivity contribution is 0.0301. The summed E-state index contributed by atoms with van der Waals surface area (Å²) in [5, 5.41) is 18.1. The van der Waals surface area contributed by atoms with Crippen LogP contribution in [-0.2, 0) is 0 Å². The van der Waals surface area contributed by atoms with E-state index in [1.165, 1.54) is 0 Å². The van der Waals surface area contributed by atoms with Crippen molar-refractivity contribution >= 4 is 0 Å². The van der Waals surface area contributed by atoms with E-state index < -0.39 is 0 Å². The van der Waals surface area contributed by atoms with Crippen molar-refractivity contribution in [2.24, 2.45) is 17.3 Å². The molecule has 0 unspecified atom stereocenters. The first-order valence-corrected chi connectivity index (χ1v) is 4.17. The maximum atomic E-state index is 9.05. The quantitative estimate of drug-likeness (QED) is 0.650. The second-order valence-corrected chi connectivity index (χ2v) is 4.18. The summed E-state index contributed by atoms with van der Waals surface area (Å²) in [4.78, 5) is 0. The van der Waals surface area contributed by atoms with Gasteiger partial charge in [0.25, 0.3) is 0 Å². The van der Waals surface area contributed by atoms with Crippen LogP contribution in [0.25, 0.3) is 0 Å². The highest BCUT2D eigenvalue weighted by Crippen LogP contribution is 2.31. The molecule has 0 aromatic carbocycles. The summed E-state index contributed by atoms with van der Waals surface area (Å²) in [6.07, 6.45) is 0. The van der Waals surface area contributed by atoms with Crippen molar-refractivity contribution in [3.05, 3.63) is 0 Å². The fourth-order valence-electron chi connectivity index (χ4n) is 1.48. The molecule has 0 aliphatic carbocycles. The zero-order valence-electron chi connectivity index (χ0n) is 7.96. The van der Waals surface area contributed by atoms with Gasteiger partial charge in [-0.1, -0.05) is 27.7 Å². The Hall–Kier alpha value is -0.0800. The first kappa shape index (κ1) is 10.9. The molecule has 2 nitrogen and oxygen atoms in total. The molecule has 0 saturated carbocycles. The SMILES string of the molecule is CC(C)[C@H](CO)C(C)(C)CO. The van der Waals surface area contributed by atoms with Crippen LogP contribution in [0.4, 0.5) is 0 Å². The topological polar surface area (TPSA) is 40.5 Å². The summed E-state index contributed by atoms with van der Waals surface area (Å²) in [5.74, 6) is 0.606. The van der Waals surface area contributed by atoms with E-state index in [4.69, 9.17) is 10.2 Å². The largest absolute Gasteiger partial charge is 0.396 e. The molecule has 1 atom stereocenters. The van der Waals surface area contributed by atoms with Gasteiger partial charge in [0.1, 0.15) is 0 Å². The molecule has 2 N–H and O–H groups in total. The summed E-state index contributed by atoms with van der Waals surface area (Å²) >= 11 is 0. The molecule has 0 aliphatic rings. The molecule has 0 saturated heterocycles. The summed E-state index contributed by atoms with van der Waals surface area (Å²) in [6.45, 7) is 8.39. The van der Waals surface area contributed by atoms with Crippen LogP contribution < -0.4 is 0 Å². The van der Waals surface area contributed by atoms with Crippen molar-refractivity contribution < 1.29 is 10.2 Å². The number of aliphatic hydroxyl groups is 2. The molecule has 2 heteroatoms. The number of aliphatic hydroxyl groups excluding tert-OH is 2. The second-order valence-electron chi connectivity index (χ2n) is 4.18. The highest BCUT2D eigenvalue weighted by molar-refractivity contribution is 4.79. The lowest BCUT2D eigenvalue weighted by atomic mass is 9.74. The van der Waals surface area contributed by atoms with Crippen LogP contribution >= 0.6 is 0 Å². The van der Waals surface area contributed by atoms with Gasteiger partial charge < -0.3 is 10.2 Å². The average Bonchev–Trinajstić information content (AvgIpc) is 1.88. The zero-order valence-corrected chi connectivity index (χ0v) is 7.96. The second kappa shape index (κ2) is 4.07. The van der Waals surface area contributed by atoms with Gasteiger partial charge in [-0.15, -0.1) is 0 Å². The van der Waals surface area contributed by atoms with Gasteiger partial charge in [0, 0.05) is 13.2 Å². The third-order valence-corrected chi connectivity index (χ3v) is 2.41. The van der Waals surface area contributed by atoms with E-state index in [0.29, 0.717) is 5.92 Å². The molecule has 0 amide bonds. The van der Waals surface area contributed by atoms with E-state index in [0.717, 1.165) is 0 Å². The fraction of sp³-hybridized carbons (Fsp3) is 1.00. The minimum atomic E-state index is -0.164.